The molecule has 0 aliphatic heterocycles. The molecule has 2 aromatic carbocycles. The van der Waals surface area contributed by atoms with Crippen LogP contribution in [0.3, 0.4) is 0 Å². The summed E-state index contributed by atoms with van der Waals surface area (Å²) in [6.07, 6.45) is 1.77. The Balaban J connectivity index is 1.53. The van der Waals surface area contributed by atoms with Crippen molar-refractivity contribution in [1.29, 1.82) is 0 Å². The topological polar surface area (TPSA) is 34.1 Å². The number of aryl methyl sites for hydroxylation is 1. The Bertz CT molecular complexity index is 723. The molecule has 3 nitrogen and oxygen atoms in total. The van der Waals surface area contributed by atoms with Crippen LogP contribution < -0.4 is 10.1 Å². The van der Waals surface area contributed by atoms with E-state index in [-0.39, 0.29) is 0 Å². The number of aromatic nitrogens is 1. The fourth-order valence-corrected chi connectivity index (χ4v) is 2.17. The predicted octanol–water partition coefficient (Wildman–Crippen LogP) is 4.03. The van der Waals surface area contributed by atoms with Crippen LogP contribution in [0.5, 0.6) is 5.75 Å². The molecule has 0 aliphatic carbocycles. The molecule has 0 radical (unpaired) electrons. The van der Waals surface area contributed by atoms with Crippen molar-refractivity contribution in [2.45, 2.75) is 6.92 Å². The minimum Gasteiger partial charge on any atom is -0.490 e. The summed E-state index contributed by atoms with van der Waals surface area (Å²) in [5.41, 5.74) is 3.36. The number of hydrogen-bond acceptors (Lipinski definition) is 3. The average Bonchev–Trinajstić information content (AvgIpc) is 2.53. The molecule has 0 atom stereocenters. The Morgan fingerprint density at radius 3 is 2.71 bits per heavy atom. The number of para-hydroxylation sites is 1. The van der Waals surface area contributed by atoms with Gasteiger partial charge in [0.05, 0.1) is 11.7 Å². The normalized spacial score (nSPS) is 10.5. The molecule has 1 aromatic heterocycles. The van der Waals surface area contributed by atoms with Crippen molar-refractivity contribution < 1.29 is 4.74 Å². The highest BCUT2D eigenvalue weighted by molar-refractivity contribution is 5.79. The summed E-state index contributed by atoms with van der Waals surface area (Å²) >= 11 is 0. The van der Waals surface area contributed by atoms with E-state index in [4.69, 9.17) is 4.74 Å². The smallest absolute Gasteiger partial charge is 0.138 e. The number of pyridine rings is 1. The van der Waals surface area contributed by atoms with Crippen molar-refractivity contribution >= 4 is 16.6 Å². The molecule has 3 heteroatoms. The van der Waals surface area contributed by atoms with Crippen molar-refractivity contribution in [3.63, 3.8) is 0 Å². The Morgan fingerprint density at radius 2 is 1.86 bits per heavy atom. The van der Waals surface area contributed by atoms with E-state index in [0.29, 0.717) is 6.61 Å². The number of nitrogens with zero attached hydrogens (tertiary/aromatic N) is 1. The molecule has 1 N–H and O–H groups in total. The number of hydrogen-bond donors (Lipinski definition) is 1. The first-order valence-electron chi connectivity index (χ1n) is 7.09. The summed E-state index contributed by atoms with van der Waals surface area (Å²) in [4.78, 5) is 4.38. The first-order valence-corrected chi connectivity index (χ1v) is 7.09. The minimum atomic E-state index is 0.605. The molecule has 0 saturated carbocycles. The fourth-order valence-electron chi connectivity index (χ4n) is 2.17. The summed E-state index contributed by atoms with van der Waals surface area (Å²) < 4.78 is 5.73. The number of anilines is 1. The lowest BCUT2D eigenvalue weighted by Crippen LogP contribution is -2.11. The second-order valence-electron chi connectivity index (χ2n) is 5.00. The molecular formula is C18H18N2O. The van der Waals surface area contributed by atoms with Gasteiger partial charge in [-0.1, -0.05) is 35.9 Å². The van der Waals surface area contributed by atoms with E-state index in [0.717, 1.165) is 28.9 Å². The van der Waals surface area contributed by atoms with E-state index in [9.17, 15) is 0 Å². The number of fused-ring (bicyclic) bond motifs is 1. The van der Waals surface area contributed by atoms with Gasteiger partial charge in [0.25, 0.3) is 0 Å². The maximum atomic E-state index is 5.73. The summed E-state index contributed by atoms with van der Waals surface area (Å²) in [5, 5.41) is 4.43. The number of rotatable bonds is 5. The lowest BCUT2D eigenvalue weighted by Gasteiger charge is -2.09. The quantitative estimate of drug-likeness (QED) is 0.715. The molecule has 0 unspecified atom stereocenters. The summed E-state index contributed by atoms with van der Waals surface area (Å²) in [6, 6.07) is 18.4. The van der Waals surface area contributed by atoms with Crippen molar-refractivity contribution in [1.82, 2.24) is 4.98 Å². The highest BCUT2D eigenvalue weighted by Crippen LogP contribution is 2.17. The molecule has 0 amide bonds. The summed E-state index contributed by atoms with van der Waals surface area (Å²) in [5.74, 6) is 0.805. The molecule has 0 saturated heterocycles. The fraction of sp³-hybridized carbons (Fsp3) is 0.167. The number of benzene rings is 2. The van der Waals surface area contributed by atoms with Gasteiger partial charge in [0, 0.05) is 17.6 Å². The Kier molecular flexibility index (Phi) is 4.01. The molecule has 0 aliphatic rings. The zero-order valence-electron chi connectivity index (χ0n) is 12.0. The third-order valence-electron chi connectivity index (χ3n) is 3.32. The minimum absolute atomic E-state index is 0.605. The third kappa shape index (κ3) is 3.51. The highest BCUT2D eigenvalue weighted by atomic mass is 16.5. The molecule has 3 rings (SSSR count). The summed E-state index contributed by atoms with van der Waals surface area (Å²) in [6.45, 7) is 3.45. The van der Waals surface area contributed by atoms with Crippen LogP contribution in [0, 0.1) is 6.92 Å². The second-order valence-corrected chi connectivity index (χ2v) is 5.00. The highest BCUT2D eigenvalue weighted by Gasteiger charge is 1.98. The third-order valence-corrected chi connectivity index (χ3v) is 3.32. The summed E-state index contributed by atoms with van der Waals surface area (Å²) in [7, 11) is 0. The molecule has 0 fully saturated rings. The monoisotopic (exact) mass is 278 g/mol. The lowest BCUT2D eigenvalue weighted by molar-refractivity contribution is 0.332. The van der Waals surface area contributed by atoms with Crippen LogP contribution >= 0.6 is 0 Å². The molecule has 21 heavy (non-hydrogen) atoms. The molecule has 106 valence electrons. The first kappa shape index (κ1) is 13.4. The van der Waals surface area contributed by atoms with Gasteiger partial charge >= 0.3 is 0 Å². The van der Waals surface area contributed by atoms with E-state index >= 15 is 0 Å². The van der Waals surface area contributed by atoms with Crippen LogP contribution in [0.4, 0.5) is 5.69 Å². The molecular weight excluding hydrogens is 260 g/mol. The van der Waals surface area contributed by atoms with Crippen LogP contribution in [0.25, 0.3) is 10.9 Å². The maximum Gasteiger partial charge on any atom is 0.138 e. The van der Waals surface area contributed by atoms with Gasteiger partial charge in [-0.25, -0.2) is 0 Å². The standard InChI is InChI=1S/C18H18N2O/c1-14-6-8-16(9-7-14)19-10-11-21-17-12-15-4-2-3-5-18(15)20-13-17/h2-9,12-13,19H,10-11H2,1H3. The van der Waals surface area contributed by atoms with Crippen molar-refractivity contribution in [3.05, 3.63) is 66.4 Å². The van der Waals surface area contributed by atoms with E-state index in [1.807, 2.05) is 30.3 Å². The van der Waals surface area contributed by atoms with E-state index in [1.54, 1.807) is 6.20 Å². The molecule has 3 aromatic rings. The molecule has 0 spiro atoms. The van der Waals surface area contributed by atoms with Crippen LogP contribution in [0.15, 0.2) is 60.8 Å². The Morgan fingerprint density at radius 1 is 1.05 bits per heavy atom. The zero-order valence-corrected chi connectivity index (χ0v) is 12.0. The van der Waals surface area contributed by atoms with Gasteiger partial charge in [0.1, 0.15) is 12.4 Å². The van der Waals surface area contributed by atoms with Crippen molar-refractivity contribution in [2.75, 3.05) is 18.5 Å². The maximum absolute atomic E-state index is 5.73. The van der Waals surface area contributed by atoms with Gasteiger partial charge in [0.15, 0.2) is 0 Å². The van der Waals surface area contributed by atoms with E-state index in [2.05, 4.69) is 41.5 Å². The SMILES string of the molecule is Cc1ccc(NCCOc2cnc3ccccc3c2)cc1. The van der Waals surface area contributed by atoms with E-state index in [1.165, 1.54) is 5.56 Å². The van der Waals surface area contributed by atoms with Gasteiger partial charge in [-0.2, -0.15) is 0 Å². The van der Waals surface area contributed by atoms with Crippen molar-refractivity contribution in [2.24, 2.45) is 0 Å². The van der Waals surface area contributed by atoms with Crippen LogP contribution in [-0.4, -0.2) is 18.1 Å². The number of ether oxygens (including phenoxy) is 1. The number of nitrogens with one attached hydrogen (secondary N) is 1. The van der Waals surface area contributed by atoms with E-state index < -0.39 is 0 Å². The first-order chi connectivity index (χ1) is 10.3. The lowest BCUT2D eigenvalue weighted by atomic mass is 10.2. The van der Waals surface area contributed by atoms with Gasteiger partial charge in [-0.3, -0.25) is 4.98 Å². The Labute approximate surface area is 124 Å². The van der Waals surface area contributed by atoms with Crippen LogP contribution in [-0.2, 0) is 0 Å². The van der Waals surface area contributed by atoms with Gasteiger partial charge < -0.3 is 10.1 Å². The second kappa shape index (κ2) is 6.27. The molecule has 1 heterocycles. The average molecular weight is 278 g/mol. The zero-order chi connectivity index (χ0) is 14.5. The van der Waals surface area contributed by atoms with Crippen LogP contribution in [0.1, 0.15) is 5.56 Å². The predicted molar refractivity (Wildman–Crippen MR) is 86.9 cm³/mol. The van der Waals surface area contributed by atoms with Crippen molar-refractivity contribution in [3.8, 4) is 5.75 Å². The largest absolute Gasteiger partial charge is 0.490 e. The van der Waals surface area contributed by atoms with Crippen LogP contribution in [0.2, 0.25) is 0 Å². The van der Waals surface area contributed by atoms with Gasteiger partial charge in [-0.15, -0.1) is 0 Å². The van der Waals surface area contributed by atoms with Gasteiger partial charge in [0.2, 0.25) is 0 Å². The Hall–Kier alpha value is -2.55. The molecule has 0 bridgehead atoms. The van der Waals surface area contributed by atoms with Gasteiger partial charge in [-0.05, 0) is 31.2 Å².